The third-order valence-electron chi connectivity index (χ3n) is 5.87. The lowest BCUT2D eigenvalue weighted by Crippen LogP contribution is -2.23. The molecule has 0 aliphatic heterocycles. The molecule has 0 aromatic carbocycles. The topological polar surface area (TPSA) is 65.8 Å². The van der Waals surface area contributed by atoms with Crippen molar-refractivity contribution in [2.24, 2.45) is 0 Å². The minimum Gasteiger partial charge on any atom is -0.367 e. The first-order valence-corrected chi connectivity index (χ1v) is 12.4. The molecule has 0 atom stereocenters. The highest BCUT2D eigenvalue weighted by Gasteiger charge is 2.25. The second kappa shape index (κ2) is 15.1. The van der Waals surface area contributed by atoms with Crippen LogP contribution in [0.2, 0.25) is 0 Å². The lowest BCUT2D eigenvalue weighted by Gasteiger charge is -2.23. The molecule has 6 heteroatoms. The Morgan fingerprint density at radius 2 is 1.66 bits per heavy atom. The van der Waals surface area contributed by atoms with Crippen LogP contribution < -0.4 is 5.32 Å². The molecule has 2 N–H and O–H groups in total. The van der Waals surface area contributed by atoms with E-state index in [0.717, 1.165) is 16.9 Å². The minimum atomic E-state index is -2.40. The monoisotopic (exact) mass is 451 g/mol. The molecule has 1 aromatic rings. The lowest BCUT2D eigenvalue weighted by molar-refractivity contribution is -0.116. The number of carbonyl (C=O) groups is 1. The first-order valence-electron chi connectivity index (χ1n) is 12.4. The molecule has 1 fully saturated rings. The first kappa shape index (κ1) is 28.2. The predicted octanol–water partition coefficient (Wildman–Crippen LogP) is 7.87. The number of alkyl halides is 2. The van der Waals surface area contributed by atoms with Crippen LogP contribution in [-0.2, 0) is 4.79 Å². The van der Waals surface area contributed by atoms with Gasteiger partial charge in [-0.1, -0.05) is 58.8 Å². The Hall–Kier alpha value is -1.85. The van der Waals surface area contributed by atoms with Gasteiger partial charge in [0.2, 0.25) is 5.92 Å². The number of nitrogens with zero attached hydrogens (tertiary/aromatic N) is 1. The third kappa shape index (κ3) is 11.1. The maximum Gasteiger partial charge on any atom is 0.248 e. The summed E-state index contributed by atoms with van der Waals surface area (Å²) in [6.07, 6.45) is 12.8. The molecule has 0 bridgehead atoms. The summed E-state index contributed by atoms with van der Waals surface area (Å²) in [6.45, 7) is 7.16. The average Bonchev–Trinajstić information content (AvgIpc) is 2.68. The van der Waals surface area contributed by atoms with Gasteiger partial charge in [-0.2, -0.15) is 0 Å². The number of pyridine rings is 1. The summed E-state index contributed by atoms with van der Waals surface area (Å²) < 4.78 is 24.8. The highest BCUT2D eigenvalue weighted by molar-refractivity contribution is 6.04. The fourth-order valence-electron chi connectivity index (χ4n) is 4.12. The zero-order valence-corrected chi connectivity index (χ0v) is 20.5. The molecule has 182 valence electrons. The van der Waals surface area contributed by atoms with Crippen molar-refractivity contribution in [1.29, 1.82) is 5.41 Å². The van der Waals surface area contributed by atoms with Gasteiger partial charge in [0.15, 0.2) is 0 Å². The van der Waals surface area contributed by atoms with Crippen molar-refractivity contribution in [3.8, 4) is 0 Å². The van der Waals surface area contributed by atoms with E-state index in [1.54, 1.807) is 20.8 Å². The fraction of sp³-hybridized carbons (Fsp3) is 0.731. The summed E-state index contributed by atoms with van der Waals surface area (Å²) in [7, 11) is 0. The van der Waals surface area contributed by atoms with Crippen LogP contribution in [0, 0.1) is 12.3 Å². The lowest BCUT2D eigenvalue weighted by atomic mass is 9.95. The van der Waals surface area contributed by atoms with Crippen molar-refractivity contribution in [1.82, 2.24) is 4.98 Å². The molecule has 0 saturated heterocycles. The highest BCUT2D eigenvalue weighted by atomic mass is 19.3. The minimum absolute atomic E-state index is 0.0425. The summed E-state index contributed by atoms with van der Waals surface area (Å²) in [5.41, 5.74) is 2.46. The summed E-state index contributed by atoms with van der Waals surface area (Å²) >= 11 is 0. The van der Waals surface area contributed by atoms with Crippen molar-refractivity contribution >= 4 is 17.3 Å². The molecule has 1 aliphatic rings. The molecule has 1 aromatic heterocycles. The normalized spacial score (nSPS) is 15.2. The van der Waals surface area contributed by atoms with Crippen LogP contribution in [0.25, 0.3) is 0 Å². The SMILES string of the molecule is CC(=O)CCC(=N)c1c(C)ccnc1NC1CCCCCCC1.CCCC(F)(F)CCC. The maximum absolute atomic E-state index is 12.4. The number of hydrogen-bond acceptors (Lipinski definition) is 4. The molecular weight excluding hydrogens is 408 g/mol. The number of anilines is 1. The molecule has 4 nitrogen and oxygen atoms in total. The zero-order valence-electron chi connectivity index (χ0n) is 20.5. The second-order valence-electron chi connectivity index (χ2n) is 9.07. The van der Waals surface area contributed by atoms with E-state index in [4.69, 9.17) is 5.41 Å². The highest BCUT2D eigenvalue weighted by Crippen LogP contribution is 2.26. The van der Waals surface area contributed by atoms with E-state index in [2.05, 4.69) is 10.3 Å². The molecule has 32 heavy (non-hydrogen) atoms. The van der Waals surface area contributed by atoms with Crippen LogP contribution in [0.15, 0.2) is 12.3 Å². The molecule has 0 radical (unpaired) electrons. The van der Waals surface area contributed by atoms with E-state index >= 15 is 0 Å². The molecule has 1 aliphatic carbocycles. The van der Waals surface area contributed by atoms with Crippen LogP contribution in [0.5, 0.6) is 0 Å². The summed E-state index contributed by atoms with van der Waals surface area (Å²) in [4.78, 5) is 15.7. The Kier molecular flexibility index (Phi) is 13.3. The van der Waals surface area contributed by atoms with Gasteiger partial charge in [-0.15, -0.1) is 0 Å². The number of Topliss-reactive ketones (excluding diaryl/α,β-unsaturated/α-hetero) is 1. The van der Waals surface area contributed by atoms with Crippen LogP contribution in [0.4, 0.5) is 14.6 Å². The largest absolute Gasteiger partial charge is 0.367 e. The Labute approximate surface area is 193 Å². The summed E-state index contributed by atoms with van der Waals surface area (Å²) in [5, 5.41) is 12.0. The Morgan fingerprint density at radius 3 is 2.19 bits per heavy atom. The second-order valence-corrected chi connectivity index (χ2v) is 9.07. The molecule has 1 saturated carbocycles. The van der Waals surface area contributed by atoms with Gasteiger partial charge in [0, 0.05) is 42.8 Å². The van der Waals surface area contributed by atoms with Crippen LogP contribution in [0.1, 0.15) is 115 Å². The number of ketones is 1. The molecule has 1 heterocycles. The number of nitrogens with one attached hydrogen (secondary N) is 2. The quantitative estimate of drug-likeness (QED) is 0.356. The molecule has 0 spiro atoms. The Balaban J connectivity index is 0.000000482. The smallest absolute Gasteiger partial charge is 0.248 e. The van der Waals surface area contributed by atoms with E-state index < -0.39 is 5.92 Å². The van der Waals surface area contributed by atoms with Gasteiger partial charge in [-0.25, -0.2) is 13.8 Å². The van der Waals surface area contributed by atoms with Gasteiger partial charge in [0.1, 0.15) is 11.6 Å². The van der Waals surface area contributed by atoms with E-state index in [9.17, 15) is 13.6 Å². The van der Waals surface area contributed by atoms with E-state index in [0.29, 0.717) is 37.4 Å². The average molecular weight is 452 g/mol. The van der Waals surface area contributed by atoms with Crippen LogP contribution in [-0.4, -0.2) is 28.4 Å². The van der Waals surface area contributed by atoms with Gasteiger partial charge in [-0.05, 0) is 44.7 Å². The van der Waals surface area contributed by atoms with E-state index in [1.165, 1.54) is 44.9 Å². The van der Waals surface area contributed by atoms with E-state index in [-0.39, 0.29) is 18.6 Å². The third-order valence-corrected chi connectivity index (χ3v) is 5.87. The number of halogens is 2. The predicted molar refractivity (Wildman–Crippen MR) is 130 cm³/mol. The number of carbonyl (C=O) groups excluding carboxylic acids is 1. The van der Waals surface area contributed by atoms with Gasteiger partial charge >= 0.3 is 0 Å². The van der Waals surface area contributed by atoms with Crippen LogP contribution in [0.3, 0.4) is 0 Å². The fourth-order valence-corrected chi connectivity index (χ4v) is 4.12. The van der Waals surface area contributed by atoms with Crippen molar-refractivity contribution in [2.75, 3.05) is 5.32 Å². The first-order chi connectivity index (χ1) is 15.2. The van der Waals surface area contributed by atoms with E-state index in [1.807, 2.05) is 19.2 Å². The maximum atomic E-state index is 12.4. The van der Waals surface area contributed by atoms with Gasteiger partial charge < -0.3 is 15.5 Å². The number of aromatic nitrogens is 1. The van der Waals surface area contributed by atoms with Gasteiger partial charge in [0.05, 0.1) is 0 Å². The van der Waals surface area contributed by atoms with Crippen molar-refractivity contribution in [3.63, 3.8) is 0 Å². The standard InChI is InChI=1S/C19H29N3O.C7H14F2/c1-14-12-13-21-19(18(14)17(20)11-10-15(2)23)22-16-8-6-4-3-5-7-9-16;1-3-5-7(8,9)6-4-2/h12-13,16,20H,3-11H2,1-2H3,(H,21,22);3-6H2,1-2H3. The van der Waals surface area contributed by atoms with Gasteiger partial charge in [0.25, 0.3) is 0 Å². The van der Waals surface area contributed by atoms with Crippen molar-refractivity contribution in [2.45, 2.75) is 123 Å². The summed E-state index contributed by atoms with van der Waals surface area (Å²) in [5.74, 6) is -1.45. The van der Waals surface area contributed by atoms with Gasteiger partial charge in [-0.3, -0.25) is 0 Å². The molecule has 2 rings (SSSR count). The van der Waals surface area contributed by atoms with Crippen molar-refractivity contribution in [3.05, 3.63) is 23.4 Å². The van der Waals surface area contributed by atoms with Crippen LogP contribution >= 0.6 is 0 Å². The number of rotatable bonds is 10. The number of hydrogen-bond donors (Lipinski definition) is 2. The molecule has 0 unspecified atom stereocenters. The molecular formula is C26H43F2N3O. The molecule has 0 amide bonds. The Morgan fingerprint density at radius 1 is 1.09 bits per heavy atom. The summed E-state index contributed by atoms with van der Waals surface area (Å²) in [6, 6.07) is 2.39. The van der Waals surface area contributed by atoms with Crippen molar-refractivity contribution < 1.29 is 13.6 Å². The number of aryl methyl sites for hydroxylation is 1. The Bertz CT molecular complexity index is 690. The zero-order chi connectivity index (χ0) is 24.0.